The van der Waals surface area contributed by atoms with E-state index in [4.69, 9.17) is 11.6 Å². The first-order valence-electron chi connectivity index (χ1n) is 3.02. The van der Waals surface area contributed by atoms with Gasteiger partial charge in [0.15, 0.2) is 5.17 Å². The smallest absolute Gasteiger partial charge is 0.153 e. The molecule has 0 amide bonds. The zero-order chi connectivity index (χ0) is 6.27. The van der Waals surface area contributed by atoms with E-state index >= 15 is 0 Å². The molecular weight excluding hydrogens is 136 g/mol. The Morgan fingerprint density at radius 3 is 2.78 bits per heavy atom. The van der Waals surface area contributed by atoms with Crippen molar-refractivity contribution in [3.05, 3.63) is 11.8 Å². The Kier molecular flexibility index (Phi) is 1.02. The predicted octanol–water partition coefficient (Wildman–Crippen LogP) is 1.45. The number of hydrogen-bond donors (Lipinski definition) is 0. The number of nitrogens with zero attached hydrogens (tertiary/aromatic N) is 2. The molecule has 2 nitrogen and oxygen atoms in total. The van der Waals surface area contributed by atoms with Crippen LogP contribution in [-0.2, 0) is 0 Å². The molecule has 0 aromatic heterocycles. The van der Waals surface area contributed by atoms with Gasteiger partial charge in [-0.05, 0) is 12.8 Å². The normalized spacial score (nSPS) is 25.0. The van der Waals surface area contributed by atoms with Crippen LogP contribution in [-0.4, -0.2) is 5.17 Å². The largest absolute Gasteiger partial charge is 0.154 e. The summed E-state index contributed by atoms with van der Waals surface area (Å²) in [6, 6.07) is 0. The lowest BCUT2D eigenvalue weighted by molar-refractivity contribution is 0.797. The molecule has 2 rings (SSSR count). The third kappa shape index (κ3) is 0.944. The van der Waals surface area contributed by atoms with Gasteiger partial charge in [-0.25, -0.2) is 0 Å². The third-order valence-corrected chi connectivity index (χ3v) is 1.71. The summed E-state index contributed by atoms with van der Waals surface area (Å²) in [5.41, 5.74) is 4.97. The van der Waals surface area contributed by atoms with Crippen molar-refractivity contribution in [2.45, 2.75) is 12.8 Å². The first-order valence-corrected chi connectivity index (χ1v) is 3.40. The van der Waals surface area contributed by atoms with Gasteiger partial charge >= 0.3 is 0 Å². The van der Waals surface area contributed by atoms with Crippen LogP contribution in [0.15, 0.2) is 16.9 Å². The Bertz CT molecular complexity index is 191. The van der Waals surface area contributed by atoms with Gasteiger partial charge in [0.25, 0.3) is 0 Å². The van der Waals surface area contributed by atoms with Gasteiger partial charge in [0.05, 0.1) is 5.70 Å². The number of allylic oxidation sites excluding steroid dienone is 2. The molecule has 0 bridgehead atoms. The fourth-order valence-corrected chi connectivity index (χ4v) is 1.01. The van der Waals surface area contributed by atoms with E-state index < -0.39 is 0 Å². The summed E-state index contributed by atoms with van der Waals surface area (Å²) >= 11 is 5.56. The molecule has 1 fully saturated rings. The molecule has 1 heterocycles. The highest BCUT2D eigenvalue weighted by Crippen LogP contribution is 2.36. The number of rotatable bonds is 1. The van der Waals surface area contributed by atoms with Crippen molar-refractivity contribution in [3.63, 3.8) is 0 Å². The molecule has 0 aromatic carbocycles. The van der Waals surface area contributed by atoms with E-state index in [0.717, 1.165) is 5.70 Å². The van der Waals surface area contributed by atoms with Gasteiger partial charge in [-0.1, -0.05) is 11.6 Å². The molecule has 0 spiro atoms. The Hall–Kier alpha value is -0.500. The van der Waals surface area contributed by atoms with Gasteiger partial charge < -0.3 is 0 Å². The lowest BCUT2D eigenvalue weighted by Crippen LogP contribution is -1.92. The summed E-state index contributed by atoms with van der Waals surface area (Å²) < 4.78 is 0. The molecule has 3 heteroatoms. The van der Waals surface area contributed by atoms with Crippen molar-refractivity contribution in [3.8, 4) is 0 Å². The highest BCUT2D eigenvalue weighted by Gasteiger charge is 2.29. The van der Waals surface area contributed by atoms with Crippen LogP contribution < -0.4 is 5.43 Å². The fraction of sp³-hybridized carbons (Fsp3) is 0.500. The van der Waals surface area contributed by atoms with Crippen LogP contribution in [0.5, 0.6) is 0 Å². The maximum atomic E-state index is 5.56. The van der Waals surface area contributed by atoms with Crippen LogP contribution in [0.3, 0.4) is 0 Å². The Morgan fingerprint density at radius 1 is 1.56 bits per heavy atom. The van der Waals surface area contributed by atoms with Crippen molar-refractivity contribution in [1.29, 1.82) is 0 Å². The lowest BCUT2D eigenvalue weighted by Gasteiger charge is -1.89. The molecule has 1 aliphatic carbocycles. The van der Waals surface area contributed by atoms with Gasteiger partial charge in [0, 0.05) is 12.0 Å². The summed E-state index contributed by atoms with van der Waals surface area (Å²) in [6.07, 6.45) is 4.36. The molecule has 0 aromatic rings. The third-order valence-electron chi connectivity index (χ3n) is 1.52. The standard InChI is InChI=1S/C6H6ClN2/c7-6-3-5(8-9-6)4-1-2-4/h3-4H,1-2H2. The van der Waals surface area contributed by atoms with Crippen molar-refractivity contribution >= 4 is 16.8 Å². The molecule has 0 unspecified atom stereocenters. The van der Waals surface area contributed by atoms with E-state index in [-0.39, 0.29) is 0 Å². The molecule has 9 heavy (non-hydrogen) atoms. The molecule has 0 atom stereocenters. The van der Waals surface area contributed by atoms with Crippen molar-refractivity contribution in [1.82, 2.24) is 5.43 Å². The summed E-state index contributed by atoms with van der Waals surface area (Å²) in [4.78, 5) is 0. The SMILES string of the molecule is ClC1=N[N]C(C2CC2)=C1. The van der Waals surface area contributed by atoms with E-state index in [1.54, 1.807) is 0 Å². The lowest BCUT2D eigenvalue weighted by atomic mass is 10.3. The van der Waals surface area contributed by atoms with Crippen LogP contribution in [0.25, 0.3) is 0 Å². The van der Waals surface area contributed by atoms with Crippen LogP contribution in [0.1, 0.15) is 12.8 Å². The minimum absolute atomic E-state index is 0.525. The van der Waals surface area contributed by atoms with Gasteiger partial charge in [-0.15, -0.1) is 5.10 Å². The van der Waals surface area contributed by atoms with E-state index in [9.17, 15) is 0 Å². The highest BCUT2D eigenvalue weighted by molar-refractivity contribution is 6.68. The second kappa shape index (κ2) is 1.74. The predicted molar refractivity (Wildman–Crippen MR) is 36.2 cm³/mol. The first kappa shape index (κ1) is 5.30. The number of halogens is 1. The monoisotopic (exact) mass is 141 g/mol. The van der Waals surface area contributed by atoms with Crippen molar-refractivity contribution in [2.24, 2.45) is 11.0 Å². The molecule has 1 saturated carbocycles. The van der Waals surface area contributed by atoms with Crippen molar-refractivity contribution < 1.29 is 0 Å². The van der Waals surface area contributed by atoms with Gasteiger partial charge in [-0.2, -0.15) is 5.43 Å². The van der Waals surface area contributed by atoms with E-state index in [1.165, 1.54) is 12.8 Å². The quantitative estimate of drug-likeness (QED) is 0.529. The molecule has 47 valence electrons. The Morgan fingerprint density at radius 2 is 2.33 bits per heavy atom. The van der Waals surface area contributed by atoms with Crippen LogP contribution in [0.4, 0.5) is 0 Å². The minimum Gasteiger partial charge on any atom is -0.154 e. The maximum Gasteiger partial charge on any atom is 0.153 e. The molecule has 1 radical (unpaired) electrons. The maximum absolute atomic E-state index is 5.56. The zero-order valence-corrected chi connectivity index (χ0v) is 5.60. The molecule has 2 aliphatic rings. The van der Waals surface area contributed by atoms with Crippen molar-refractivity contribution in [2.75, 3.05) is 0 Å². The van der Waals surface area contributed by atoms with E-state index in [1.807, 2.05) is 6.08 Å². The number of hydrogen-bond acceptors (Lipinski definition) is 1. The highest BCUT2D eigenvalue weighted by atomic mass is 35.5. The summed E-state index contributed by atoms with van der Waals surface area (Å²) in [7, 11) is 0. The van der Waals surface area contributed by atoms with Crippen LogP contribution in [0.2, 0.25) is 0 Å². The first-order chi connectivity index (χ1) is 4.36. The summed E-state index contributed by atoms with van der Waals surface area (Å²) in [6.45, 7) is 0. The van der Waals surface area contributed by atoms with Gasteiger partial charge in [0.2, 0.25) is 0 Å². The second-order valence-electron chi connectivity index (χ2n) is 2.37. The zero-order valence-electron chi connectivity index (χ0n) is 4.84. The average Bonchev–Trinajstić information content (AvgIpc) is 2.58. The van der Waals surface area contributed by atoms with Crippen LogP contribution in [0, 0.1) is 5.92 Å². The fourth-order valence-electron chi connectivity index (χ4n) is 0.864. The summed E-state index contributed by atoms with van der Waals surface area (Å²) in [5, 5.41) is 4.22. The molecule has 0 saturated heterocycles. The van der Waals surface area contributed by atoms with Gasteiger partial charge in [-0.3, -0.25) is 0 Å². The Balaban J connectivity index is 2.09. The van der Waals surface area contributed by atoms with Crippen LogP contribution >= 0.6 is 11.6 Å². The van der Waals surface area contributed by atoms with E-state index in [0.29, 0.717) is 11.1 Å². The summed E-state index contributed by atoms with van der Waals surface area (Å²) in [5.74, 6) is 0.671. The Labute approximate surface area is 58.6 Å². The molecule has 0 N–H and O–H groups in total. The van der Waals surface area contributed by atoms with Gasteiger partial charge in [0.1, 0.15) is 0 Å². The second-order valence-corrected chi connectivity index (χ2v) is 2.75. The molecule has 1 aliphatic heterocycles. The topological polar surface area (TPSA) is 26.5 Å². The average molecular weight is 142 g/mol. The molecular formula is C6H6ClN2. The minimum atomic E-state index is 0.525. The van der Waals surface area contributed by atoms with E-state index in [2.05, 4.69) is 10.5 Å².